The van der Waals surface area contributed by atoms with Gasteiger partial charge in [0.1, 0.15) is 5.60 Å². The summed E-state index contributed by atoms with van der Waals surface area (Å²) in [5.41, 5.74) is 0.586. The summed E-state index contributed by atoms with van der Waals surface area (Å²) >= 11 is 0. The Morgan fingerprint density at radius 1 is 1.19 bits per heavy atom. The van der Waals surface area contributed by atoms with Gasteiger partial charge < -0.3 is 19.0 Å². The molecule has 2 aliphatic rings. The van der Waals surface area contributed by atoms with Crippen LogP contribution in [0.1, 0.15) is 61.3 Å². The minimum Gasteiger partial charge on any atom is -0.498 e. The van der Waals surface area contributed by atoms with Crippen LogP contribution in [-0.2, 0) is 14.1 Å². The summed E-state index contributed by atoms with van der Waals surface area (Å²) in [6.45, 7) is 16.3. The van der Waals surface area contributed by atoms with Crippen LogP contribution in [-0.4, -0.2) is 49.4 Å². The van der Waals surface area contributed by atoms with Gasteiger partial charge in [0, 0.05) is 31.0 Å². The number of ether oxygens (including phenoxy) is 2. The maximum Gasteiger partial charge on any atom is 0.410 e. The first-order chi connectivity index (χ1) is 12.5. The Hall–Kier alpha value is -1.43. The molecule has 1 aliphatic carbocycles. The molecule has 0 atom stereocenters. The Morgan fingerprint density at radius 3 is 2.37 bits per heavy atom. The van der Waals surface area contributed by atoms with Crippen molar-refractivity contribution in [3.05, 3.63) is 23.4 Å². The van der Waals surface area contributed by atoms with Gasteiger partial charge in [-0.05, 0) is 53.0 Å². The van der Waals surface area contributed by atoms with Crippen LogP contribution in [0.2, 0.25) is 0 Å². The predicted molar refractivity (Wildman–Crippen MR) is 108 cm³/mol. The maximum atomic E-state index is 11.9. The molecule has 1 radical (unpaired) electrons. The molecule has 0 bridgehead atoms. The van der Waals surface area contributed by atoms with Gasteiger partial charge in [-0.25, -0.2) is 4.79 Å². The van der Waals surface area contributed by atoms with Crippen LogP contribution in [0.5, 0.6) is 0 Å². The van der Waals surface area contributed by atoms with Gasteiger partial charge in [-0.15, -0.1) is 0 Å². The lowest BCUT2D eigenvalue weighted by molar-refractivity contribution is -0.0135. The molecule has 5 nitrogen and oxygen atoms in total. The molecular weight excluding hydrogens is 341 g/mol. The molecule has 0 unspecified atom stereocenters. The number of carbonyl (C=O) groups is 1. The molecule has 1 amide bonds. The quantitative estimate of drug-likeness (QED) is 0.614. The van der Waals surface area contributed by atoms with E-state index in [0.29, 0.717) is 31.5 Å². The summed E-state index contributed by atoms with van der Waals surface area (Å²) in [5.74, 6) is 1.84. The Morgan fingerprint density at radius 2 is 1.85 bits per heavy atom. The first-order valence-corrected chi connectivity index (χ1v) is 9.98. The largest absolute Gasteiger partial charge is 0.498 e. The van der Waals surface area contributed by atoms with E-state index in [9.17, 15) is 4.79 Å². The molecule has 6 heteroatoms. The van der Waals surface area contributed by atoms with Gasteiger partial charge in [-0.3, -0.25) is 0 Å². The fourth-order valence-electron chi connectivity index (χ4n) is 2.59. The van der Waals surface area contributed by atoms with Crippen molar-refractivity contribution in [3.63, 3.8) is 0 Å². The Kier molecular flexibility index (Phi) is 7.06. The van der Waals surface area contributed by atoms with Crippen molar-refractivity contribution in [1.82, 2.24) is 4.90 Å². The maximum absolute atomic E-state index is 11.9. The molecule has 0 spiro atoms. The summed E-state index contributed by atoms with van der Waals surface area (Å²) in [5, 5.41) is 0. The predicted octanol–water partition coefficient (Wildman–Crippen LogP) is 4.50. The SMILES string of the molecule is CC(C)C(C)(C)O[B]C1=CC=C(OCC2CN(C(=O)OC(C)(C)C)C2)CC1. The first kappa shape index (κ1) is 21.9. The third kappa shape index (κ3) is 6.91. The third-order valence-corrected chi connectivity index (χ3v) is 5.16. The highest BCUT2D eigenvalue weighted by Gasteiger charge is 2.34. The van der Waals surface area contributed by atoms with E-state index in [2.05, 4.69) is 33.8 Å². The number of amides is 1. The summed E-state index contributed by atoms with van der Waals surface area (Å²) < 4.78 is 17.2. The summed E-state index contributed by atoms with van der Waals surface area (Å²) in [7, 11) is 1.89. The molecule has 1 heterocycles. The molecule has 1 fully saturated rings. The highest BCUT2D eigenvalue weighted by molar-refractivity contribution is 6.38. The second-order valence-electron chi connectivity index (χ2n) is 9.43. The number of likely N-dealkylation sites (tertiary alicyclic amines) is 1. The van der Waals surface area contributed by atoms with Crippen molar-refractivity contribution in [2.24, 2.45) is 11.8 Å². The summed E-state index contributed by atoms with van der Waals surface area (Å²) in [4.78, 5) is 13.7. The number of hydrogen-bond donors (Lipinski definition) is 0. The topological polar surface area (TPSA) is 48.0 Å². The minimum atomic E-state index is -0.444. The van der Waals surface area contributed by atoms with Gasteiger partial charge in [-0.2, -0.15) is 0 Å². The van der Waals surface area contributed by atoms with E-state index in [0.717, 1.165) is 18.6 Å². The number of hydrogen-bond acceptors (Lipinski definition) is 4. The number of allylic oxidation sites excluding steroid dienone is 4. The summed E-state index contributed by atoms with van der Waals surface area (Å²) in [6, 6.07) is 0. The van der Waals surface area contributed by atoms with Gasteiger partial charge in [0.25, 0.3) is 0 Å². The van der Waals surface area contributed by atoms with Gasteiger partial charge in [0.2, 0.25) is 0 Å². The molecule has 27 heavy (non-hydrogen) atoms. The van der Waals surface area contributed by atoms with Crippen LogP contribution in [0.3, 0.4) is 0 Å². The lowest BCUT2D eigenvalue weighted by Crippen LogP contribution is -2.53. The monoisotopic (exact) mass is 376 g/mol. The average molecular weight is 376 g/mol. The van der Waals surface area contributed by atoms with Gasteiger partial charge >= 0.3 is 13.6 Å². The van der Waals surface area contributed by atoms with Gasteiger partial charge in [0.15, 0.2) is 0 Å². The second-order valence-corrected chi connectivity index (χ2v) is 9.43. The average Bonchev–Trinajstić information content (AvgIpc) is 2.50. The third-order valence-electron chi connectivity index (χ3n) is 5.16. The van der Waals surface area contributed by atoms with Gasteiger partial charge in [-0.1, -0.05) is 25.4 Å². The van der Waals surface area contributed by atoms with Crippen molar-refractivity contribution in [3.8, 4) is 0 Å². The van der Waals surface area contributed by atoms with Crippen LogP contribution in [0.4, 0.5) is 4.79 Å². The zero-order chi connectivity index (χ0) is 20.2. The molecule has 1 saturated heterocycles. The molecule has 1 aliphatic heterocycles. The van der Waals surface area contributed by atoms with E-state index < -0.39 is 5.60 Å². The fourth-order valence-corrected chi connectivity index (χ4v) is 2.59. The molecule has 151 valence electrons. The molecule has 0 saturated carbocycles. The second kappa shape index (κ2) is 8.72. The number of carbonyl (C=O) groups excluding carboxylic acids is 1. The van der Waals surface area contributed by atoms with Gasteiger partial charge in [0.05, 0.1) is 12.4 Å². The Labute approximate surface area is 165 Å². The van der Waals surface area contributed by atoms with E-state index in [1.807, 2.05) is 34.3 Å². The van der Waals surface area contributed by atoms with Crippen LogP contribution in [0.25, 0.3) is 0 Å². The normalized spacial score (nSPS) is 18.6. The highest BCUT2D eigenvalue weighted by atomic mass is 16.6. The van der Waals surface area contributed by atoms with E-state index in [1.165, 1.54) is 5.47 Å². The van der Waals surface area contributed by atoms with E-state index in [1.54, 1.807) is 4.90 Å². The van der Waals surface area contributed by atoms with E-state index >= 15 is 0 Å². The van der Waals surface area contributed by atoms with Crippen molar-refractivity contribution in [1.29, 1.82) is 0 Å². The first-order valence-electron chi connectivity index (χ1n) is 9.98. The van der Waals surface area contributed by atoms with Crippen LogP contribution < -0.4 is 0 Å². The number of rotatable bonds is 7. The number of nitrogens with zero attached hydrogens (tertiary/aromatic N) is 1. The van der Waals surface area contributed by atoms with Crippen molar-refractivity contribution in [2.75, 3.05) is 19.7 Å². The van der Waals surface area contributed by atoms with Crippen molar-refractivity contribution in [2.45, 2.75) is 72.5 Å². The molecule has 0 aromatic rings. The molecule has 0 aromatic heterocycles. The zero-order valence-corrected chi connectivity index (χ0v) is 18.0. The van der Waals surface area contributed by atoms with Crippen molar-refractivity contribution >= 4 is 13.6 Å². The zero-order valence-electron chi connectivity index (χ0n) is 18.0. The molecule has 2 rings (SSSR count). The summed E-state index contributed by atoms with van der Waals surface area (Å²) in [6.07, 6.45) is 5.68. The lowest BCUT2D eigenvalue weighted by Gasteiger charge is -2.39. The fraction of sp³-hybridized carbons (Fsp3) is 0.762. The Bertz CT molecular complexity index is 583. The smallest absolute Gasteiger partial charge is 0.410 e. The lowest BCUT2D eigenvalue weighted by atomic mass is 9.79. The minimum absolute atomic E-state index is 0.161. The van der Waals surface area contributed by atoms with E-state index in [4.69, 9.17) is 14.1 Å². The van der Waals surface area contributed by atoms with Crippen LogP contribution in [0.15, 0.2) is 23.4 Å². The van der Waals surface area contributed by atoms with Crippen LogP contribution >= 0.6 is 0 Å². The molecule has 0 aromatic carbocycles. The molecular formula is C21H35BNO4. The van der Waals surface area contributed by atoms with Crippen LogP contribution in [0, 0.1) is 11.8 Å². The standard InChI is InChI=1S/C21H35BNO4/c1-15(2)21(6,7)27-22-17-8-10-18(11-9-17)25-14-16-12-23(13-16)19(24)26-20(3,4)5/h8,10,15-16H,9,11-14H2,1-7H3. The Balaban J connectivity index is 1.68. The molecule has 0 N–H and O–H groups in total. The van der Waals surface area contributed by atoms with E-state index in [-0.39, 0.29) is 11.7 Å². The highest BCUT2D eigenvalue weighted by Crippen LogP contribution is 2.25. The van der Waals surface area contributed by atoms with Crippen molar-refractivity contribution < 1.29 is 18.9 Å².